The number of Topliss-reactive ketones (excluding diaryl/α,β-unsaturated/α-hetero) is 1. The van der Waals surface area contributed by atoms with Gasteiger partial charge in [0.15, 0.2) is 0 Å². The lowest BCUT2D eigenvalue weighted by molar-refractivity contribution is -0.154. The zero-order valence-electron chi connectivity index (χ0n) is 24.9. The first kappa shape index (κ1) is 32.6. The molecule has 0 aromatic heterocycles. The van der Waals surface area contributed by atoms with Crippen molar-refractivity contribution in [2.24, 2.45) is 17.1 Å². The van der Waals surface area contributed by atoms with Crippen LogP contribution < -0.4 is 21.7 Å². The van der Waals surface area contributed by atoms with Gasteiger partial charge < -0.3 is 31.3 Å². The molecule has 2 fully saturated rings. The summed E-state index contributed by atoms with van der Waals surface area (Å²) in [6, 6.07) is 6.67. The van der Waals surface area contributed by atoms with Gasteiger partial charge in [-0.3, -0.25) is 19.2 Å². The van der Waals surface area contributed by atoms with E-state index in [9.17, 15) is 28.8 Å². The van der Waals surface area contributed by atoms with Gasteiger partial charge in [0.2, 0.25) is 17.6 Å². The molecule has 3 rings (SSSR count). The number of nitrogens with zero attached hydrogens (tertiary/aromatic N) is 1. The first-order valence-electron chi connectivity index (χ1n) is 14.4. The molecule has 12 heteroatoms. The van der Waals surface area contributed by atoms with Crippen molar-refractivity contribution in [3.8, 4) is 0 Å². The van der Waals surface area contributed by atoms with E-state index in [1.807, 2.05) is 37.3 Å². The third-order valence-electron chi connectivity index (χ3n) is 7.85. The molecule has 0 radical (unpaired) electrons. The van der Waals surface area contributed by atoms with Gasteiger partial charge in [-0.05, 0) is 36.2 Å². The van der Waals surface area contributed by atoms with E-state index in [0.29, 0.717) is 19.3 Å². The number of hydrogen-bond donors (Lipinski definition) is 4. The van der Waals surface area contributed by atoms with E-state index in [4.69, 9.17) is 10.5 Å². The van der Waals surface area contributed by atoms with E-state index in [-0.39, 0.29) is 19.1 Å². The second kappa shape index (κ2) is 13.8. The summed E-state index contributed by atoms with van der Waals surface area (Å²) in [7, 11) is 0. The van der Waals surface area contributed by atoms with Crippen LogP contribution in [0.15, 0.2) is 30.3 Å². The predicted molar refractivity (Wildman–Crippen MR) is 153 cm³/mol. The van der Waals surface area contributed by atoms with E-state index in [0.717, 1.165) is 24.8 Å². The molecule has 1 aromatic rings. The van der Waals surface area contributed by atoms with E-state index in [2.05, 4.69) is 16.0 Å². The number of primary amides is 1. The number of ketones is 1. The summed E-state index contributed by atoms with van der Waals surface area (Å²) in [5, 5.41) is 8.02. The lowest BCUT2D eigenvalue weighted by Crippen LogP contribution is -2.63. The summed E-state index contributed by atoms with van der Waals surface area (Å²) in [4.78, 5) is 77.6. The highest BCUT2D eigenvalue weighted by molar-refractivity contribution is 6.36. The average Bonchev–Trinajstić information content (AvgIpc) is 3.34. The van der Waals surface area contributed by atoms with Crippen molar-refractivity contribution >= 4 is 35.5 Å². The first-order chi connectivity index (χ1) is 19.7. The first-order valence-corrected chi connectivity index (χ1v) is 14.4. The molecule has 42 heavy (non-hydrogen) atoms. The fourth-order valence-corrected chi connectivity index (χ4v) is 5.51. The molecular formula is C30H43N5O7. The van der Waals surface area contributed by atoms with Crippen LogP contribution >= 0.6 is 0 Å². The van der Waals surface area contributed by atoms with Gasteiger partial charge in [0, 0.05) is 6.54 Å². The van der Waals surface area contributed by atoms with Crippen molar-refractivity contribution < 1.29 is 33.5 Å². The van der Waals surface area contributed by atoms with Crippen LogP contribution in [0.2, 0.25) is 0 Å². The highest BCUT2D eigenvalue weighted by Gasteiger charge is 2.46. The molecule has 5 amide bonds. The number of urea groups is 1. The summed E-state index contributed by atoms with van der Waals surface area (Å²) < 4.78 is 5.63. The van der Waals surface area contributed by atoms with Crippen LogP contribution in [0.3, 0.4) is 0 Å². The SMILES string of the molecule is C[C@@H]1C[C@@H](C(=O)NCC(=O)C(N)=O)N(C(=O)[C@@H](NC(=O)NC2(C(=O)OCc3ccccc3)CCCCC2)C(C)(C)C)C1. The maximum absolute atomic E-state index is 13.9. The van der Waals surface area contributed by atoms with Crippen molar-refractivity contribution in [1.29, 1.82) is 0 Å². The molecule has 1 aromatic carbocycles. The van der Waals surface area contributed by atoms with Crippen LogP contribution in [-0.2, 0) is 35.3 Å². The van der Waals surface area contributed by atoms with Crippen molar-refractivity contribution in [2.45, 2.75) is 90.4 Å². The second-order valence-corrected chi connectivity index (χ2v) is 12.5. The monoisotopic (exact) mass is 585 g/mol. The van der Waals surface area contributed by atoms with Crippen molar-refractivity contribution in [1.82, 2.24) is 20.9 Å². The fraction of sp³-hybridized carbons (Fsp3) is 0.600. The predicted octanol–water partition coefficient (Wildman–Crippen LogP) is 1.55. The minimum absolute atomic E-state index is 0.0177. The number of esters is 1. The number of hydrogen-bond acceptors (Lipinski definition) is 7. The van der Waals surface area contributed by atoms with Crippen LogP contribution in [0.25, 0.3) is 0 Å². The third kappa shape index (κ3) is 8.29. The van der Waals surface area contributed by atoms with Crippen LogP contribution in [0, 0.1) is 11.3 Å². The molecule has 1 saturated carbocycles. The Bertz CT molecular complexity index is 1170. The van der Waals surface area contributed by atoms with Gasteiger partial charge in [0.25, 0.3) is 5.91 Å². The molecule has 5 N–H and O–H groups in total. The molecule has 1 aliphatic heterocycles. The number of nitrogens with two attached hydrogens (primary N) is 1. The van der Waals surface area contributed by atoms with Crippen LogP contribution in [0.5, 0.6) is 0 Å². The van der Waals surface area contributed by atoms with E-state index in [1.165, 1.54) is 4.90 Å². The summed E-state index contributed by atoms with van der Waals surface area (Å²) >= 11 is 0. The number of amides is 5. The number of carbonyl (C=O) groups excluding carboxylic acids is 6. The normalized spacial score (nSPS) is 20.6. The Morgan fingerprint density at radius 1 is 1.05 bits per heavy atom. The molecule has 0 bridgehead atoms. The largest absolute Gasteiger partial charge is 0.459 e. The lowest BCUT2D eigenvalue weighted by Gasteiger charge is -2.38. The van der Waals surface area contributed by atoms with Gasteiger partial charge in [-0.25, -0.2) is 9.59 Å². The quantitative estimate of drug-likeness (QED) is 0.238. The minimum Gasteiger partial charge on any atom is -0.459 e. The maximum Gasteiger partial charge on any atom is 0.332 e. The zero-order chi connectivity index (χ0) is 31.1. The van der Waals surface area contributed by atoms with Crippen molar-refractivity contribution in [3.05, 3.63) is 35.9 Å². The van der Waals surface area contributed by atoms with Gasteiger partial charge in [-0.1, -0.05) is 77.3 Å². The molecule has 2 aliphatic rings. The maximum atomic E-state index is 13.9. The van der Waals surface area contributed by atoms with Gasteiger partial charge in [-0.2, -0.15) is 0 Å². The Labute approximate surface area is 246 Å². The Balaban J connectivity index is 1.73. The Morgan fingerprint density at radius 2 is 1.69 bits per heavy atom. The van der Waals surface area contributed by atoms with Crippen LogP contribution in [0.4, 0.5) is 4.79 Å². The van der Waals surface area contributed by atoms with E-state index < -0.39 is 65.1 Å². The molecule has 3 atom stereocenters. The summed E-state index contributed by atoms with van der Waals surface area (Å²) in [6.07, 6.45) is 3.59. The highest BCUT2D eigenvalue weighted by Crippen LogP contribution is 2.31. The van der Waals surface area contributed by atoms with Crippen LogP contribution in [-0.4, -0.2) is 71.1 Å². The Kier molecular flexibility index (Phi) is 10.7. The molecule has 12 nitrogen and oxygen atoms in total. The van der Waals surface area contributed by atoms with Crippen LogP contribution in [0.1, 0.15) is 71.8 Å². The average molecular weight is 586 g/mol. The number of carbonyl (C=O) groups is 6. The minimum atomic E-state index is -1.22. The molecule has 0 spiro atoms. The smallest absolute Gasteiger partial charge is 0.332 e. The summed E-state index contributed by atoms with van der Waals surface area (Å²) in [6.45, 7) is 7.05. The van der Waals surface area contributed by atoms with Gasteiger partial charge in [-0.15, -0.1) is 0 Å². The summed E-state index contributed by atoms with van der Waals surface area (Å²) in [5.41, 5.74) is 3.82. The topological polar surface area (TPSA) is 177 Å². The second-order valence-electron chi connectivity index (χ2n) is 12.5. The summed E-state index contributed by atoms with van der Waals surface area (Å²) in [5.74, 6) is -3.69. The lowest BCUT2D eigenvalue weighted by atomic mass is 9.81. The van der Waals surface area contributed by atoms with Gasteiger partial charge in [0.05, 0.1) is 6.54 Å². The third-order valence-corrected chi connectivity index (χ3v) is 7.85. The number of nitrogens with one attached hydrogen (secondary N) is 3. The van der Waals surface area contributed by atoms with Crippen molar-refractivity contribution in [2.75, 3.05) is 13.1 Å². The molecule has 1 heterocycles. The standard InChI is InChI=1S/C30H43N5O7/c1-19-15-21(25(38)32-16-22(36)24(31)37)35(17-19)26(39)23(29(2,3)4)33-28(41)34-30(13-9-6-10-14-30)27(40)42-18-20-11-7-5-8-12-20/h5,7-8,11-12,19,21,23H,6,9-10,13-18H2,1-4H3,(H2,31,37)(H,32,38)(H2,33,34,41)/t19-,21+,23-/m1/s1. The van der Waals surface area contributed by atoms with Gasteiger partial charge >= 0.3 is 12.0 Å². The van der Waals surface area contributed by atoms with Gasteiger partial charge in [0.1, 0.15) is 24.2 Å². The van der Waals surface area contributed by atoms with Crippen molar-refractivity contribution in [3.63, 3.8) is 0 Å². The zero-order valence-corrected chi connectivity index (χ0v) is 24.9. The molecule has 0 unspecified atom stereocenters. The van der Waals surface area contributed by atoms with E-state index in [1.54, 1.807) is 20.8 Å². The number of ether oxygens (including phenoxy) is 1. The fourth-order valence-electron chi connectivity index (χ4n) is 5.51. The Hall–Kier alpha value is -3.96. The number of likely N-dealkylation sites (tertiary alicyclic amines) is 1. The van der Waals surface area contributed by atoms with E-state index >= 15 is 0 Å². The molecule has 1 saturated heterocycles. The number of rotatable bonds is 10. The highest BCUT2D eigenvalue weighted by atomic mass is 16.5. The molecule has 1 aliphatic carbocycles. The molecule has 230 valence electrons. The number of benzene rings is 1. The Morgan fingerprint density at radius 3 is 2.29 bits per heavy atom. The molecular weight excluding hydrogens is 542 g/mol.